The maximum Gasteiger partial charge on any atom is 0.425 e. The van der Waals surface area contributed by atoms with E-state index in [0.29, 0.717) is 0 Å². The van der Waals surface area contributed by atoms with Gasteiger partial charge in [0.2, 0.25) is 0 Å². The number of cyclic esters (lactones) is 1. The Kier molecular flexibility index (Phi) is 4.18. The third-order valence-corrected chi connectivity index (χ3v) is 5.00. The van der Waals surface area contributed by atoms with Crippen molar-refractivity contribution in [1.29, 1.82) is 0 Å². The third kappa shape index (κ3) is 2.71. The molecule has 6 heteroatoms. The van der Waals surface area contributed by atoms with E-state index in [-0.39, 0.29) is 4.90 Å². The van der Waals surface area contributed by atoms with E-state index < -0.39 is 28.3 Å². The van der Waals surface area contributed by atoms with Crippen LogP contribution in [0.2, 0.25) is 0 Å². The Morgan fingerprint density at radius 1 is 1.29 bits per heavy atom. The highest BCUT2D eigenvalue weighted by molar-refractivity contribution is 7.89. The summed E-state index contributed by atoms with van der Waals surface area (Å²) in [4.78, 5) is 12.0. The van der Waals surface area contributed by atoms with Gasteiger partial charge in [0.05, 0.1) is 4.90 Å². The van der Waals surface area contributed by atoms with E-state index in [1.807, 2.05) is 6.92 Å². The lowest BCUT2D eigenvalue weighted by atomic mass is 10.1. The predicted molar refractivity (Wildman–Crippen MR) is 79.3 cm³/mol. The van der Waals surface area contributed by atoms with E-state index in [1.54, 1.807) is 31.2 Å². The zero-order valence-corrected chi connectivity index (χ0v) is 12.7. The SMILES string of the molecule is C=C[C@H]1[C@@H](/C=C/C)OC(=O)N1S(=O)(=O)c1ccc(C)cc1. The fourth-order valence-corrected chi connectivity index (χ4v) is 3.62. The van der Waals surface area contributed by atoms with Crippen molar-refractivity contribution in [2.45, 2.75) is 30.9 Å². The summed E-state index contributed by atoms with van der Waals surface area (Å²) in [6.45, 7) is 7.23. The molecule has 1 saturated heterocycles. The van der Waals surface area contributed by atoms with Gasteiger partial charge >= 0.3 is 6.09 Å². The molecule has 0 bridgehead atoms. The number of carbonyl (C=O) groups excluding carboxylic acids is 1. The topological polar surface area (TPSA) is 63.7 Å². The van der Waals surface area contributed by atoms with E-state index in [1.165, 1.54) is 18.2 Å². The molecule has 0 saturated carbocycles. The van der Waals surface area contributed by atoms with Gasteiger partial charge in [-0.2, -0.15) is 4.31 Å². The second kappa shape index (κ2) is 5.73. The van der Waals surface area contributed by atoms with Gasteiger partial charge < -0.3 is 4.74 Å². The summed E-state index contributed by atoms with van der Waals surface area (Å²) in [5, 5.41) is 0. The Balaban J connectivity index is 2.45. The van der Waals surface area contributed by atoms with Crippen LogP contribution in [-0.2, 0) is 14.8 Å². The summed E-state index contributed by atoms with van der Waals surface area (Å²) in [6, 6.07) is 5.56. The molecule has 2 atom stereocenters. The largest absolute Gasteiger partial charge is 0.439 e. The first-order valence-electron chi connectivity index (χ1n) is 6.49. The van der Waals surface area contributed by atoms with Crippen LogP contribution >= 0.6 is 0 Å². The molecule has 1 aromatic carbocycles. The van der Waals surface area contributed by atoms with Crippen molar-refractivity contribution in [3.63, 3.8) is 0 Å². The van der Waals surface area contributed by atoms with E-state index in [2.05, 4.69) is 6.58 Å². The Morgan fingerprint density at radius 2 is 1.90 bits per heavy atom. The number of allylic oxidation sites excluding steroid dienone is 1. The smallest absolute Gasteiger partial charge is 0.425 e. The van der Waals surface area contributed by atoms with Crippen molar-refractivity contribution < 1.29 is 17.9 Å². The van der Waals surface area contributed by atoms with Crippen molar-refractivity contribution >= 4 is 16.1 Å². The Labute approximate surface area is 124 Å². The maximum atomic E-state index is 12.6. The number of carbonyl (C=O) groups is 1. The lowest BCUT2D eigenvalue weighted by Gasteiger charge is -2.20. The number of amides is 1. The lowest BCUT2D eigenvalue weighted by Crippen LogP contribution is -2.39. The number of hydrogen-bond acceptors (Lipinski definition) is 4. The molecule has 21 heavy (non-hydrogen) atoms. The minimum atomic E-state index is -3.96. The number of benzene rings is 1. The molecular formula is C15H17NO4S. The van der Waals surface area contributed by atoms with Crippen LogP contribution in [0.1, 0.15) is 12.5 Å². The minimum absolute atomic E-state index is 0.0537. The molecule has 1 aliphatic heterocycles. The van der Waals surface area contributed by atoms with Crippen molar-refractivity contribution in [3.05, 3.63) is 54.6 Å². The van der Waals surface area contributed by atoms with Crippen LogP contribution in [0.15, 0.2) is 54.0 Å². The van der Waals surface area contributed by atoms with Crippen LogP contribution in [0.5, 0.6) is 0 Å². The number of nitrogens with zero attached hydrogens (tertiary/aromatic N) is 1. The minimum Gasteiger partial charge on any atom is -0.439 e. The summed E-state index contributed by atoms with van der Waals surface area (Å²) < 4.78 is 31.1. The van der Waals surface area contributed by atoms with Crippen LogP contribution in [-0.4, -0.2) is 31.0 Å². The highest BCUT2D eigenvalue weighted by Crippen LogP contribution is 2.28. The Bertz CT molecular complexity index is 676. The molecule has 1 aliphatic rings. The molecule has 2 rings (SSSR count). The van der Waals surface area contributed by atoms with E-state index in [4.69, 9.17) is 4.74 Å². The van der Waals surface area contributed by atoms with E-state index in [9.17, 15) is 13.2 Å². The molecular weight excluding hydrogens is 290 g/mol. The standard InChI is InChI=1S/C15H17NO4S/c1-4-6-14-13(5-2)16(15(17)20-14)21(18,19)12-9-7-11(3)8-10-12/h4-10,13-14H,2H2,1,3H3/b6-4+/t13-,14+/m0/s1. The van der Waals surface area contributed by atoms with E-state index >= 15 is 0 Å². The fourth-order valence-electron chi connectivity index (χ4n) is 2.15. The normalized spacial score (nSPS) is 22.6. The molecule has 0 spiro atoms. The molecule has 1 fully saturated rings. The monoisotopic (exact) mass is 307 g/mol. The Hall–Kier alpha value is -2.08. The van der Waals surface area contributed by atoms with Crippen LogP contribution in [0.4, 0.5) is 4.79 Å². The van der Waals surface area contributed by atoms with Gasteiger partial charge in [0, 0.05) is 0 Å². The lowest BCUT2D eigenvalue weighted by molar-refractivity contribution is 0.152. The van der Waals surface area contributed by atoms with Gasteiger partial charge in [-0.3, -0.25) is 0 Å². The van der Waals surface area contributed by atoms with Crippen molar-refractivity contribution in [1.82, 2.24) is 4.31 Å². The van der Waals surface area contributed by atoms with Crippen LogP contribution in [0.25, 0.3) is 0 Å². The summed E-state index contributed by atoms with van der Waals surface area (Å²) in [5.41, 5.74) is 0.935. The number of ether oxygens (including phenoxy) is 1. The average molecular weight is 307 g/mol. The summed E-state index contributed by atoms with van der Waals surface area (Å²) >= 11 is 0. The molecule has 0 aromatic heterocycles. The van der Waals surface area contributed by atoms with E-state index in [0.717, 1.165) is 9.87 Å². The second-order valence-electron chi connectivity index (χ2n) is 4.71. The van der Waals surface area contributed by atoms with Crippen molar-refractivity contribution in [3.8, 4) is 0 Å². The zero-order valence-electron chi connectivity index (χ0n) is 11.9. The predicted octanol–water partition coefficient (Wildman–Crippen LogP) is 2.64. The van der Waals surface area contributed by atoms with Gasteiger partial charge in [-0.15, -0.1) is 6.58 Å². The fraction of sp³-hybridized carbons (Fsp3) is 0.267. The molecule has 1 amide bonds. The Morgan fingerprint density at radius 3 is 2.43 bits per heavy atom. The first kappa shape index (κ1) is 15.3. The van der Waals surface area contributed by atoms with Gasteiger partial charge in [0.15, 0.2) is 0 Å². The van der Waals surface area contributed by atoms with Crippen LogP contribution in [0.3, 0.4) is 0 Å². The maximum absolute atomic E-state index is 12.6. The van der Waals surface area contributed by atoms with Crippen LogP contribution in [0, 0.1) is 6.92 Å². The van der Waals surface area contributed by atoms with Gasteiger partial charge in [0.1, 0.15) is 12.1 Å². The number of rotatable bonds is 4. The molecule has 0 aliphatic carbocycles. The summed E-state index contributed by atoms with van der Waals surface area (Å²) in [5.74, 6) is 0. The highest BCUT2D eigenvalue weighted by atomic mass is 32.2. The highest BCUT2D eigenvalue weighted by Gasteiger charge is 2.46. The molecule has 112 valence electrons. The second-order valence-corrected chi connectivity index (χ2v) is 6.53. The quantitative estimate of drug-likeness (QED) is 0.802. The summed E-state index contributed by atoms with van der Waals surface area (Å²) in [7, 11) is -3.96. The van der Waals surface area contributed by atoms with Gasteiger partial charge in [-0.1, -0.05) is 29.8 Å². The first-order chi connectivity index (χ1) is 9.91. The molecule has 1 heterocycles. The van der Waals surface area contributed by atoms with Gasteiger partial charge in [-0.25, -0.2) is 13.2 Å². The van der Waals surface area contributed by atoms with Crippen molar-refractivity contribution in [2.24, 2.45) is 0 Å². The zero-order chi connectivity index (χ0) is 15.6. The van der Waals surface area contributed by atoms with Crippen molar-refractivity contribution in [2.75, 3.05) is 0 Å². The molecule has 0 unspecified atom stereocenters. The molecule has 5 nitrogen and oxygen atoms in total. The first-order valence-corrected chi connectivity index (χ1v) is 7.93. The van der Waals surface area contributed by atoms with Gasteiger partial charge in [-0.05, 0) is 32.1 Å². The van der Waals surface area contributed by atoms with Crippen LogP contribution < -0.4 is 0 Å². The molecule has 0 radical (unpaired) electrons. The number of hydrogen-bond donors (Lipinski definition) is 0. The number of sulfonamides is 1. The molecule has 1 aromatic rings. The average Bonchev–Trinajstić information content (AvgIpc) is 2.76. The summed E-state index contributed by atoms with van der Waals surface area (Å²) in [6.07, 6.45) is 3.20. The third-order valence-electron chi connectivity index (χ3n) is 3.23. The number of aryl methyl sites for hydroxylation is 1. The van der Waals surface area contributed by atoms with Gasteiger partial charge in [0.25, 0.3) is 10.0 Å². The molecule has 0 N–H and O–H groups in total.